The Balaban J connectivity index is 1.28. The molecule has 0 saturated heterocycles. The van der Waals surface area contributed by atoms with Crippen LogP contribution in [0.5, 0.6) is 0 Å². The maximum absolute atomic E-state index is 11.8. The summed E-state index contributed by atoms with van der Waals surface area (Å²) in [4.78, 5) is 23.5. The maximum Gasteiger partial charge on any atom is 0.331 e. The topological polar surface area (TPSA) is 82.9 Å². The smallest absolute Gasteiger partial charge is 0.262 e. The highest BCUT2D eigenvalue weighted by Crippen LogP contribution is 2.43. The minimum Gasteiger partial charge on any atom is -0.262 e. The van der Waals surface area contributed by atoms with E-state index in [0.29, 0.717) is 11.8 Å². The van der Waals surface area contributed by atoms with Gasteiger partial charge in [0, 0.05) is 11.4 Å². The zero-order valence-electron chi connectivity index (χ0n) is 12.7. The van der Waals surface area contributed by atoms with E-state index in [1.54, 1.807) is 0 Å². The van der Waals surface area contributed by atoms with Crippen LogP contribution < -0.4 is 10.9 Å². The molecule has 6 heteroatoms. The first-order chi connectivity index (χ1) is 10.7. The number of amides is 2. The Kier molecular flexibility index (Phi) is 3.47. The standard InChI is InChI=1S/C16H22N4O2/c21-15(19-17-13-7-9-1-3-11(13)5-9)16(22)20-18-14-8-10-2-4-12(14)6-10/h9-12H,1-8H2,(H,19,21)(H,20,22)/b17-13-,18-14-/t9-,10+,11-,12+. The van der Waals surface area contributed by atoms with E-state index in [1.165, 1.54) is 38.5 Å². The summed E-state index contributed by atoms with van der Waals surface area (Å²) >= 11 is 0. The highest BCUT2D eigenvalue weighted by Gasteiger charge is 2.37. The molecule has 0 aliphatic heterocycles. The molecule has 4 aliphatic carbocycles. The molecule has 4 saturated carbocycles. The average molecular weight is 302 g/mol. The van der Waals surface area contributed by atoms with Gasteiger partial charge < -0.3 is 0 Å². The Morgan fingerprint density at radius 2 is 1.23 bits per heavy atom. The highest BCUT2D eigenvalue weighted by molar-refractivity contribution is 6.35. The van der Waals surface area contributed by atoms with Gasteiger partial charge in [-0.05, 0) is 75.0 Å². The van der Waals surface area contributed by atoms with Gasteiger partial charge in [0.05, 0.1) is 0 Å². The minimum atomic E-state index is -0.720. The van der Waals surface area contributed by atoms with Crippen LogP contribution in [0.3, 0.4) is 0 Å². The van der Waals surface area contributed by atoms with Crippen molar-refractivity contribution in [2.45, 2.75) is 51.4 Å². The fourth-order valence-corrected chi connectivity index (χ4v) is 4.67. The molecule has 4 aliphatic rings. The monoisotopic (exact) mass is 302 g/mol. The molecule has 0 aromatic heterocycles. The number of carbonyl (C=O) groups excluding carboxylic acids is 2. The second kappa shape index (κ2) is 5.48. The van der Waals surface area contributed by atoms with Crippen molar-refractivity contribution in [2.75, 3.05) is 0 Å². The molecule has 2 amide bonds. The first kappa shape index (κ1) is 13.9. The number of rotatable bonds is 2. The number of hydrogen-bond donors (Lipinski definition) is 2. The summed E-state index contributed by atoms with van der Waals surface area (Å²) in [6.45, 7) is 0. The van der Waals surface area contributed by atoms with Crippen molar-refractivity contribution in [1.29, 1.82) is 0 Å². The first-order valence-corrected chi connectivity index (χ1v) is 8.42. The summed E-state index contributed by atoms with van der Waals surface area (Å²) in [5, 5.41) is 8.31. The van der Waals surface area contributed by atoms with Crippen LogP contribution in [-0.2, 0) is 9.59 Å². The molecule has 4 atom stereocenters. The summed E-state index contributed by atoms with van der Waals surface area (Å²) in [5.41, 5.74) is 6.88. The molecule has 0 heterocycles. The third kappa shape index (κ3) is 2.55. The van der Waals surface area contributed by atoms with Crippen molar-refractivity contribution >= 4 is 23.2 Å². The van der Waals surface area contributed by atoms with Crippen LogP contribution in [0, 0.1) is 23.7 Å². The Bertz CT molecular complexity index is 518. The lowest BCUT2D eigenvalue weighted by Crippen LogP contribution is -2.36. The van der Waals surface area contributed by atoms with Crippen LogP contribution in [-0.4, -0.2) is 23.2 Å². The Morgan fingerprint density at radius 3 is 1.55 bits per heavy atom. The van der Waals surface area contributed by atoms with Gasteiger partial charge in [0.25, 0.3) is 0 Å². The summed E-state index contributed by atoms with van der Waals surface area (Å²) < 4.78 is 0. The van der Waals surface area contributed by atoms with Crippen LogP contribution >= 0.6 is 0 Å². The molecule has 0 unspecified atom stereocenters. The molecule has 4 bridgehead atoms. The van der Waals surface area contributed by atoms with Crippen LogP contribution in [0.15, 0.2) is 10.2 Å². The number of hydrazone groups is 2. The van der Waals surface area contributed by atoms with Gasteiger partial charge in [-0.3, -0.25) is 9.59 Å². The summed E-state index contributed by atoms with van der Waals surface area (Å²) in [5.74, 6) is 1.06. The van der Waals surface area contributed by atoms with Crippen molar-refractivity contribution in [1.82, 2.24) is 10.9 Å². The molecule has 0 aromatic rings. The lowest BCUT2D eigenvalue weighted by atomic mass is 9.99. The molecule has 4 rings (SSSR count). The van der Waals surface area contributed by atoms with Gasteiger partial charge in [0.15, 0.2) is 0 Å². The molecule has 22 heavy (non-hydrogen) atoms. The summed E-state index contributed by atoms with van der Waals surface area (Å²) in [6.07, 6.45) is 9.21. The van der Waals surface area contributed by atoms with Gasteiger partial charge in [-0.25, -0.2) is 10.9 Å². The number of nitrogens with zero attached hydrogens (tertiary/aromatic N) is 2. The van der Waals surface area contributed by atoms with E-state index in [0.717, 1.165) is 36.1 Å². The van der Waals surface area contributed by atoms with E-state index >= 15 is 0 Å². The van der Waals surface area contributed by atoms with Gasteiger partial charge in [-0.1, -0.05) is 0 Å². The molecule has 4 fully saturated rings. The van der Waals surface area contributed by atoms with E-state index in [-0.39, 0.29) is 0 Å². The summed E-state index contributed by atoms with van der Waals surface area (Å²) in [7, 11) is 0. The first-order valence-electron chi connectivity index (χ1n) is 8.42. The van der Waals surface area contributed by atoms with Crippen molar-refractivity contribution in [3.8, 4) is 0 Å². The number of nitrogens with one attached hydrogen (secondary N) is 2. The van der Waals surface area contributed by atoms with Crippen molar-refractivity contribution in [2.24, 2.45) is 33.9 Å². The second-order valence-electron chi connectivity index (χ2n) is 7.25. The third-order valence-electron chi connectivity index (χ3n) is 5.83. The highest BCUT2D eigenvalue weighted by atomic mass is 16.2. The van der Waals surface area contributed by atoms with Crippen LogP contribution in [0.25, 0.3) is 0 Å². The van der Waals surface area contributed by atoms with Gasteiger partial charge in [0.2, 0.25) is 0 Å². The molecular weight excluding hydrogens is 280 g/mol. The lowest BCUT2D eigenvalue weighted by molar-refractivity contribution is -0.139. The Morgan fingerprint density at radius 1 is 0.773 bits per heavy atom. The van der Waals surface area contributed by atoms with E-state index in [9.17, 15) is 9.59 Å². The second-order valence-corrected chi connectivity index (χ2v) is 7.25. The molecule has 2 N–H and O–H groups in total. The zero-order chi connectivity index (χ0) is 15.1. The quantitative estimate of drug-likeness (QED) is 0.599. The normalized spacial score (nSPS) is 38.9. The zero-order valence-corrected chi connectivity index (χ0v) is 12.7. The Labute approximate surface area is 129 Å². The number of carbonyl (C=O) groups is 2. The van der Waals surface area contributed by atoms with Gasteiger partial charge in [-0.15, -0.1) is 0 Å². The number of fused-ring (bicyclic) bond motifs is 4. The van der Waals surface area contributed by atoms with Gasteiger partial charge in [-0.2, -0.15) is 10.2 Å². The summed E-state index contributed by atoms with van der Waals surface area (Å²) in [6, 6.07) is 0. The molecule has 6 nitrogen and oxygen atoms in total. The predicted octanol–water partition coefficient (Wildman–Crippen LogP) is 1.57. The van der Waals surface area contributed by atoms with Crippen molar-refractivity contribution < 1.29 is 9.59 Å². The van der Waals surface area contributed by atoms with Crippen molar-refractivity contribution in [3.05, 3.63) is 0 Å². The third-order valence-corrected chi connectivity index (χ3v) is 5.83. The van der Waals surface area contributed by atoms with E-state index in [4.69, 9.17) is 0 Å². The fraction of sp³-hybridized carbons (Fsp3) is 0.750. The minimum absolute atomic E-state index is 0.516. The lowest BCUT2D eigenvalue weighted by Gasteiger charge is -2.12. The predicted molar refractivity (Wildman–Crippen MR) is 82.1 cm³/mol. The SMILES string of the molecule is O=C(N/N=C1/C[C@@H]2CC[C@@H]1C2)C(=O)N/N=C1/C[C@H]2CC[C@H]1C2. The van der Waals surface area contributed by atoms with E-state index in [2.05, 4.69) is 21.1 Å². The van der Waals surface area contributed by atoms with Crippen LogP contribution in [0.2, 0.25) is 0 Å². The molecule has 0 spiro atoms. The van der Waals surface area contributed by atoms with E-state index in [1.807, 2.05) is 0 Å². The van der Waals surface area contributed by atoms with Crippen molar-refractivity contribution in [3.63, 3.8) is 0 Å². The maximum atomic E-state index is 11.8. The molecular formula is C16H22N4O2. The molecule has 0 radical (unpaired) electrons. The molecule has 0 aromatic carbocycles. The van der Waals surface area contributed by atoms with Crippen LogP contribution in [0.1, 0.15) is 51.4 Å². The van der Waals surface area contributed by atoms with Gasteiger partial charge >= 0.3 is 11.8 Å². The fourth-order valence-electron chi connectivity index (χ4n) is 4.67. The van der Waals surface area contributed by atoms with Gasteiger partial charge in [0.1, 0.15) is 0 Å². The number of hydrogen-bond acceptors (Lipinski definition) is 4. The van der Waals surface area contributed by atoms with E-state index < -0.39 is 11.8 Å². The largest absolute Gasteiger partial charge is 0.331 e. The molecule has 118 valence electrons. The Hall–Kier alpha value is -1.72. The average Bonchev–Trinajstić information content (AvgIpc) is 3.30. The van der Waals surface area contributed by atoms with Crippen LogP contribution in [0.4, 0.5) is 0 Å².